The van der Waals surface area contributed by atoms with E-state index < -0.39 is 0 Å². The second kappa shape index (κ2) is 7.28. The van der Waals surface area contributed by atoms with Crippen molar-refractivity contribution in [2.75, 3.05) is 0 Å². The lowest BCUT2D eigenvalue weighted by molar-refractivity contribution is 0.650. The van der Waals surface area contributed by atoms with Crippen molar-refractivity contribution in [3.05, 3.63) is 101 Å². The molecule has 0 unspecified atom stereocenters. The van der Waals surface area contributed by atoms with Gasteiger partial charge in [0.25, 0.3) is 0 Å². The molecule has 4 heteroatoms. The van der Waals surface area contributed by atoms with Crippen molar-refractivity contribution in [3.8, 4) is 11.1 Å². The van der Waals surface area contributed by atoms with Gasteiger partial charge in [-0.05, 0) is 34.7 Å². The van der Waals surface area contributed by atoms with E-state index in [0.29, 0.717) is 0 Å². The topological polar surface area (TPSA) is 30.7 Å². The number of fused-ring (bicyclic) bond motifs is 3. The summed E-state index contributed by atoms with van der Waals surface area (Å²) in [5.41, 5.74) is 6.66. The van der Waals surface area contributed by atoms with Crippen LogP contribution in [0.3, 0.4) is 0 Å². The molecule has 1 aromatic heterocycles. The van der Waals surface area contributed by atoms with Gasteiger partial charge in [-0.1, -0.05) is 90.6 Å². The maximum Gasteiger partial charge on any atom is 0.192 e. The molecule has 0 saturated carbocycles. The summed E-state index contributed by atoms with van der Waals surface area (Å²) >= 11 is 1.81. The van der Waals surface area contributed by atoms with Crippen LogP contribution in [-0.2, 0) is 13.0 Å². The van der Waals surface area contributed by atoms with Crippen LogP contribution < -0.4 is 0 Å². The molecule has 138 valence electrons. The molecule has 0 spiro atoms. The molecule has 28 heavy (non-hydrogen) atoms. The van der Waals surface area contributed by atoms with E-state index in [1.54, 1.807) is 0 Å². The third-order valence-electron chi connectivity index (χ3n) is 5.31. The zero-order valence-corrected chi connectivity index (χ0v) is 16.6. The Bertz CT molecular complexity index is 1070. The molecule has 1 heterocycles. The highest BCUT2D eigenvalue weighted by molar-refractivity contribution is 7.99. The van der Waals surface area contributed by atoms with Crippen LogP contribution in [0.5, 0.6) is 0 Å². The van der Waals surface area contributed by atoms with Crippen molar-refractivity contribution in [2.24, 2.45) is 0 Å². The van der Waals surface area contributed by atoms with Gasteiger partial charge in [0, 0.05) is 13.0 Å². The fourth-order valence-electron chi connectivity index (χ4n) is 3.97. The van der Waals surface area contributed by atoms with Crippen molar-refractivity contribution in [2.45, 2.75) is 30.3 Å². The van der Waals surface area contributed by atoms with E-state index in [4.69, 9.17) is 0 Å². The van der Waals surface area contributed by atoms with Gasteiger partial charge in [-0.2, -0.15) is 0 Å². The minimum atomic E-state index is 0.256. The maximum absolute atomic E-state index is 4.57. The van der Waals surface area contributed by atoms with Crippen LogP contribution in [0.4, 0.5) is 0 Å². The molecule has 1 aliphatic carbocycles. The summed E-state index contributed by atoms with van der Waals surface area (Å²) in [5, 5.41) is 10.3. The van der Waals surface area contributed by atoms with Gasteiger partial charge in [0.15, 0.2) is 5.16 Å². The number of aromatic nitrogens is 3. The fourth-order valence-corrected chi connectivity index (χ4v) is 5.30. The van der Waals surface area contributed by atoms with Gasteiger partial charge in [-0.3, -0.25) is 0 Å². The third kappa shape index (κ3) is 2.94. The molecule has 0 amide bonds. The van der Waals surface area contributed by atoms with Gasteiger partial charge in [0.1, 0.15) is 5.82 Å². The average molecular weight is 384 g/mol. The molecule has 1 aliphatic rings. The van der Waals surface area contributed by atoms with E-state index >= 15 is 0 Å². The Hall–Kier alpha value is -2.85. The van der Waals surface area contributed by atoms with Crippen molar-refractivity contribution in [1.82, 2.24) is 14.8 Å². The van der Waals surface area contributed by atoms with Crippen LogP contribution in [-0.4, -0.2) is 14.8 Å². The molecule has 3 nitrogen and oxygen atoms in total. The number of nitrogens with zero attached hydrogens (tertiary/aromatic N) is 3. The lowest BCUT2D eigenvalue weighted by Gasteiger charge is -2.14. The number of benzene rings is 3. The summed E-state index contributed by atoms with van der Waals surface area (Å²) in [5.74, 6) is 1.02. The third-order valence-corrected chi connectivity index (χ3v) is 6.57. The number of hydrogen-bond acceptors (Lipinski definition) is 3. The molecule has 0 aliphatic heterocycles. The highest BCUT2D eigenvalue weighted by Crippen LogP contribution is 2.51. The molecule has 0 saturated heterocycles. The highest BCUT2D eigenvalue weighted by Gasteiger charge is 2.30. The van der Waals surface area contributed by atoms with Gasteiger partial charge in [-0.15, -0.1) is 10.2 Å². The van der Waals surface area contributed by atoms with Crippen LogP contribution in [0.25, 0.3) is 11.1 Å². The molecule has 0 bridgehead atoms. The van der Waals surface area contributed by atoms with Crippen molar-refractivity contribution in [1.29, 1.82) is 0 Å². The van der Waals surface area contributed by atoms with Crippen molar-refractivity contribution < 1.29 is 0 Å². The molecule has 3 aromatic carbocycles. The Morgan fingerprint density at radius 3 is 2.04 bits per heavy atom. The fraction of sp³-hybridized carbons (Fsp3) is 0.167. The summed E-state index contributed by atoms with van der Waals surface area (Å²) in [6.45, 7) is 3.03. The quantitative estimate of drug-likeness (QED) is 0.439. The minimum absolute atomic E-state index is 0.256. The summed E-state index contributed by atoms with van der Waals surface area (Å²) < 4.78 is 2.25. The molecule has 0 radical (unpaired) electrons. The van der Waals surface area contributed by atoms with E-state index in [9.17, 15) is 0 Å². The number of rotatable bonds is 5. The zero-order chi connectivity index (χ0) is 18.9. The van der Waals surface area contributed by atoms with Gasteiger partial charge < -0.3 is 4.57 Å². The molecule has 0 atom stereocenters. The second-order valence-corrected chi connectivity index (χ2v) is 8.05. The first-order valence-electron chi connectivity index (χ1n) is 9.66. The number of hydrogen-bond donors (Lipinski definition) is 0. The summed E-state index contributed by atoms with van der Waals surface area (Å²) in [6.07, 6.45) is 0.806. The van der Waals surface area contributed by atoms with Gasteiger partial charge in [-0.25, -0.2) is 0 Å². The molecular formula is C24H21N3S. The SMILES string of the molecule is CCn1c(Cc2ccccc2)nnc1SC1c2ccccc2-c2ccccc21. The Kier molecular flexibility index (Phi) is 4.49. The normalized spacial score (nSPS) is 12.8. The van der Waals surface area contributed by atoms with E-state index in [-0.39, 0.29) is 5.25 Å². The van der Waals surface area contributed by atoms with Crippen LogP contribution in [0.15, 0.2) is 84.0 Å². The minimum Gasteiger partial charge on any atom is -0.306 e. The molecular weight excluding hydrogens is 362 g/mol. The predicted octanol–water partition coefficient (Wildman–Crippen LogP) is 5.75. The van der Waals surface area contributed by atoms with Crippen LogP contribution in [0.1, 0.15) is 34.7 Å². The zero-order valence-electron chi connectivity index (χ0n) is 15.7. The first-order chi connectivity index (χ1) is 13.8. The lowest BCUT2D eigenvalue weighted by atomic mass is 10.1. The Morgan fingerprint density at radius 2 is 1.39 bits per heavy atom. The van der Waals surface area contributed by atoms with Gasteiger partial charge in [0.2, 0.25) is 0 Å². The first-order valence-corrected chi connectivity index (χ1v) is 10.5. The van der Waals surface area contributed by atoms with Crippen LogP contribution in [0, 0.1) is 0 Å². The summed E-state index contributed by atoms with van der Waals surface area (Å²) in [4.78, 5) is 0. The Balaban J connectivity index is 1.50. The van der Waals surface area contributed by atoms with Gasteiger partial charge >= 0.3 is 0 Å². The summed E-state index contributed by atoms with van der Waals surface area (Å²) in [6, 6.07) is 27.9. The van der Waals surface area contributed by atoms with E-state index in [2.05, 4.69) is 94.5 Å². The largest absolute Gasteiger partial charge is 0.306 e. The van der Waals surface area contributed by atoms with Crippen LogP contribution >= 0.6 is 11.8 Å². The molecule has 0 N–H and O–H groups in total. The molecule has 5 rings (SSSR count). The van der Waals surface area contributed by atoms with Crippen molar-refractivity contribution in [3.63, 3.8) is 0 Å². The first kappa shape index (κ1) is 17.3. The van der Waals surface area contributed by atoms with E-state index in [1.807, 2.05) is 17.8 Å². The van der Waals surface area contributed by atoms with E-state index in [1.165, 1.54) is 27.8 Å². The maximum atomic E-state index is 4.57. The summed E-state index contributed by atoms with van der Waals surface area (Å²) in [7, 11) is 0. The van der Waals surface area contributed by atoms with E-state index in [0.717, 1.165) is 23.9 Å². The Morgan fingerprint density at radius 1 is 0.786 bits per heavy atom. The van der Waals surface area contributed by atoms with Crippen LogP contribution in [0.2, 0.25) is 0 Å². The van der Waals surface area contributed by atoms with Crippen molar-refractivity contribution >= 4 is 11.8 Å². The molecule has 4 aromatic rings. The Labute approximate surface area is 169 Å². The van der Waals surface area contributed by atoms with Gasteiger partial charge in [0.05, 0.1) is 5.25 Å². The standard InChI is InChI=1S/C24H21N3S/c1-2-27-22(16-17-10-4-3-5-11-17)25-26-24(27)28-23-20-14-8-6-12-18(20)19-13-7-9-15-21(19)23/h3-15,23H,2,16H2,1H3. The lowest BCUT2D eigenvalue weighted by Crippen LogP contribution is -2.05. The smallest absolute Gasteiger partial charge is 0.192 e. The highest BCUT2D eigenvalue weighted by atomic mass is 32.2. The monoisotopic (exact) mass is 383 g/mol. The second-order valence-electron chi connectivity index (χ2n) is 6.98. The predicted molar refractivity (Wildman–Crippen MR) is 115 cm³/mol. The number of thioether (sulfide) groups is 1. The average Bonchev–Trinajstić information content (AvgIpc) is 3.28. The molecule has 0 fully saturated rings.